The minimum absolute atomic E-state index is 0.0517. The zero-order valence-electron chi connectivity index (χ0n) is 10.7. The molecule has 4 N–H and O–H groups in total. The van der Waals surface area contributed by atoms with E-state index < -0.39 is 11.7 Å². The molecule has 1 amide bonds. The van der Waals surface area contributed by atoms with Crippen LogP contribution < -0.4 is 16.4 Å². The van der Waals surface area contributed by atoms with Crippen molar-refractivity contribution in [2.24, 2.45) is 11.1 Å². The third-order valence-corrected chi connectivity index (χ3v) is 4.92. The van der Waals surface area contributed by atoms with E-state index in [4.69, 9.17) is 5.73 Å². The molecule has 18 heavy (non-hydrogen) atoms. The zero-order valence-corrected chi connectivity index (χ0v) is 10.7. The second-order valence-electron chi connectivity index (χ2n) is 6.51. The molecule has 0 aromatic carbocycles. The molecule has 0 radical (unpaired) electrons. The van der Waals surface area contributed by atoms with Crippen molar-refractivity contribution in [2.45, 2.75) is 56.3 Å². The number of amides is 1. The largest absolute Gasteiger partial charge is 0.353 e. The maximum atomic E-state index is 13.0. The molecule has 0 bridgehead atoms. The van der Waals surface area contributed by atoms with Crippen LogP contribution in [-0.4, -0.2) is 36.7 Å². The van der Waals surface area contributed by atoms with Crippen LogP contribution >= 0.6 is 0 Å². The first-order valence-corrected chi connectivity index (χ1v) is 6.96. The highest BCUT2D eigenvalue weighted by molar-refractivity contribution is 5.87. The molecule has 1 heterocycles. The van der Waals surface area contributed by atoms with Gasteiger partial charge in [0, 0.05) is 19.1 Å². The Hall–Kier alpha value is -0.680. The van der Waals surface area contributed by atoms with Gasteiger partial charge in [-0.05, 0) is 37.5 Å². The Labute approximate surface area is 107 Å². The lowest BCUT2D eigenvalue weighted by Gasteiger charge is -2.58. The van der Waals surface area contributed by atoms with Crippen LogP contribution in [0.5, 0.6) is 0 Å². The van der Waals surface area contributed by atoms with E-state index in [9.17, 15) is 9.18 Å². The van der Waals surface area contributed by atoms with E-state index in [1.165, 1.54) is 19.3 Å². The minimum Gasteiger partial charge on any atom is -0.353 e. The van der Waals surface area contributed by atoms with Crippen LogP contribution in [0.2, 0.25) is 0 Å². The van der Waals surface area contributed by atoms with E-state index >= 15 is 0 Å². The Morgan fingerprint density at radius 2 is 2.17 bits per heavy atom. The van der Waals surface area contributed by atoms with Crippen molar-refractivity contribution in [3.8, 4) is 0 Å². The number of alkyl halides is 1. The monoisotopic (exact) mass is 255 g/mol. The summed E-state index contributed by atoms with van der Waals surface area (Å²) in [6.07, 6.45) is 5.11. The first-order chi connectivity index (χ1) is 8.51. The van der Waals surface area contributed by atoms with E-state index in [0.29, 0.717) is 24.9 Å². The summed E-state index contributed by atoms with van der Waals surface area (Å²) in [7, 11) is 0. The van der Waals surface area contributed by atoms with E-state index in [1.54, 1.807) is 0 Å². The lowest BCUT2D eigenvalue weighted by Crippen LogP contribution is -2.68. The average molecular weight is 255 g/mol. The smallest absolute Gasteiger partial charge is 0.240 e. The fourth-order valence-electron chi connectivity index (χ4n) is 3.79. The minimum atomic E-state index is -0.777. The van der Waals surface area contributed by atoms with Crippen molar-refractivity contribution in [1.82, 2.24) is 10.6 Å². The molecule has 102 valence electrons. The third-order valence-electron chi connectivity index (χ3n) is 4.92. The Kier molecular flexibility index (Phi) is 2.86. The van der Waals surface area contributed by atoms with E-state index in [2.05, 4.69) is 10.6 Å². The quantitative estimate of drug-likeness (QED) is 0.686. The van der Waals surface area contributed by atoms with Crippen molar-refractivity contribution in [2.75, 3.05) is 13.1 Å². The van der Waals surface area contributed by atoms with Gasteiger partial charge in [0.1, 0.15) is 6.17 Å². The fraction of sp³-hybridized carbons (Fsp3) is 0.923. The number of hydrogen-bond donors (Lipinski definition) is 3. The second-order valence-corrected chi connectivity index (χ2v) is 6.51. The van der Waals surface area contributed by atoms with Crippen LogP contribution in [0.1, 0.15) is 38.5 Å². The molecule has 1 spiro atoms. The fourth-order valence-corrected chi connectivity index (χ4v) is 3.79. The van der Waals surface area contributed by atoms with E-state index in [0.717, 1.165) is 12.8 Å². The van der Waals surface area contributed by atoms with Crippen molar-refractivity contribution < 1.29 is 9.18 Å². The molecule has 0 aromatic heterocycles. The van der Waals surface area contributed by atoms with Crippen molar-refractivity contribution in [3.05, 3.63) is 0 Å². The van der Waals surface area contributed by atoms with Gasteiger partial charge in [0.05, 0.1) is 5.54 Å². The third kappa shape index (κ3) is 2.03. The number of hydrogen-bond acceptors (Lipinski definition) is 3. The van der Waals surface area contributed by atoms with Gasteiger partial charge in [-0.2, -0.15) is 0 Å². The highest BCUT2D eigenvalue weighted by atomic mass is 19.1. The molecule has 1 saturated heterocycles. The predicted octanol–water partition coefficient (Wildman–Crippen LogP) is 0.464. The van der Waals surface area contributed by atoms with Crippen LogP contribution in [0.15, 0.2) is 0 Å². The molecule has 3 fully saturated rings. The number of rotatable bonds is 3. The van der Waals surface area contributed by atoms with E-state index in [-0.39, 0.29) is 11.9 Å². The van der Waals surface area contributed by atoms with Gasteiger partial charge in [-0.25, -0.2) is 4.39 Å². The first-order valence-electron chi connectivity index (χ1n) is 6.96. The molecule has 2 saturated carbocycles. The Balaban J connectivity index is 1.44. The molecule has 2 atom stereocenters. The first kappa shape index (κ1) is 12.4. The summed E-state index contributed by atoms with van der Waals surface area (Å²) in [5.41, 5.74) is 5.87. The van der Waals surface area contributed by atoms with Crippen LogP contribution in [-0.2, 0) is 4.79 Å². The second kappa shape index (κ2) is 4.17. The maximum absolute atomic E-state index is 13.0. The number of nitrogens with one attached hydrogen (secondary N) is 2. The van der Waals surface area contributed by atoms with Gasteiger partial charge in [-0.15, -0.1) is 0 Å². The van der Waals surface area contributed by atoms with Gasteiger partial charge >= 0.3 is 0 Å². The summed E-state index contributed by atoms with van der Waals surface area (Å²) in [4.78, 5) is 12.1. The van der Waals surface area contributed by atoms with Crippen LogP contribution in [0.3, 0.4) is 0 Å². The standard InChI is InChI=1S/C13H22FN3O/c14-9-4-10(16-5-9)6-17-11(18)13(15)7-12(8-13)2-1-3-12/h9-10,16H,1-8,15H2,(H,17,18)/t9-,10-/m0/s1. The molecular formula is C13H22FN3O. The van der Waals surface area contributed by atoms with E-state index in [1.807, 2.05) is 0 Å². The number of carbonyl (C=O) groups is 1. The highest BCUT2D eigenvalue weighted by Gasteiger charge is 2.58. The molecule has 4 nitrogen and oxygen atoms in total. The lowest BCUT2D eigenvalue weighted by atomic mass is 9.48. The number of nitrogens with two attached hydrogens (primary N) is 1. The summed E-state index contributed by atoms with van der Waals surface area (Å²) < 4.78 is 13.0. The highest BCUT2D eigenvalue weighted by Crippen LogP contribution is 2.59. The van der Waals surface area contributed by atoms with Gasteiger partial charge in [0.25, 0.3) is 0 Å². The van der Waals surface area contributed by atoms with Gasteiger partial charge in [0.2, 0.25) is 5.91 Å². The number of halogens is 1. The summed E-state index contributed by atoms with van der Waals surface area (Å²) in [6, 6.07) is 0.0605. The molecule has 5 heteroatoms. The van der Waals surface area contributed by atoms with Crippen molar-refractivity contribution >= 4 is 5.91 Å². The van der Waals surface area contributed by atoms with Gasteiger partial charge < -0.3 is 16.4 Å². The lowest BCUT2D eigenvalue weighted by molar-refractivity contribution is -0.140. The summed E-state index contributed by atoms with van der Waals surface area (Å²) >= 11 is 0. The zero-order chi connectivity index (χ0) is 12.8. The Bertz CT molecular complexity index is 348. The Morgan fingerprint density at radius 1 is 1.44 bits per heavy atom. The number of carbonyl (C=O) groups excluding carboxylic acids is 1. The predicted molar refractivity (Wildman–Crippen MR) is 66.7 cm³/mol. The molecule has 0 unspecified atom stereocenters. The molecule has 3 rings (SSSR count). The van der Waals surface area contributed by atoms with Crippen LogP contribution in [0.25, 0.3) is 0 Å². The topological polar surface area (TPSA) is 67.2 Å². The average Bonchev–Trinajstić information content (AvgIpc) is 2.65. The SMILES string of the molecule is NC1(C(=O)NC[C@@H]2C[C@H](F)CN2)CC2(CCC2)C1. The van der Waals surface area contributed by atoms with Crippen molar-refractivity contribution in [1.29, 1.82) is 0 Å². The molecule has 3 aliphatic rings. The molecule has 1 aliphatic heterocycles. The molecule has 0 aromatic rings. The summed E-state index contributed by atoms with van der Waals surface area (Å²) in [5, 5.41) is 5.94. The normalized spacial score (nSPS) is 35.9. The summed E-state index contributed by atoms with van der Waals surface area (Å²) in [5.74, 6) is -0.0517. The summed E-state index contributed by atoms with van der Waals surface area (Å²) in [6.45, 7) is 0.891. The van der Waals surface area contributed by atoms with Crippen molar-refractivity contribution in [3.63, 3.8) is 0 Å². The molecule has 2 aliphatic carbocycles. The molecular weight excluding hydrogens is 233 g/mol. The maximum Gasteiger partial charge on any atom is 0.240 e. The Morgan fingerprint density at radius 3 is 2.67 bits per heavy atom. The van der Waals surface area contributed by atoms with Gasteiger partial charge in [-0.3, -0.25) is 4.79 Å². The van der Waals surface area contributed by atoms with Crippen LogP contribution in [0.4, 0.5) is 4.39 Å². The van der Waals surface area contributed by atoms with Gasteiger partial charge in [0.15, 0.2) is 0 Å². The van der Waals surface area contributed by atoms with Gasteiger partial charge in [-0.1, -0.05) is 6.42 Å². The van der Waals surface area contributed by atoms with Crippen LogP contribution in [0, 0.1) is 5.41 Å².